The van der Waals surface area contributed by atoms with E-state index in [1.54, 1.807) is 0 Å². The van der Waals surface area contributed by atoms with Gasteiger partial charge in [0.1, 0.15) is 11.9 Å². The summed E-state index contributed by atoms with van der Waals surface area (Å²) in [6.45, 7) is 0.536. The standard InChI is InChI=1S/C14H19FN2O2/c15-11-5-7-12(8-6-11)17-14(18)19-13-4-2-1-3-10(13)9-16/h5-8,10,13H,1-4,9,16H2,(H,17,18). The van der Waals surface area contributed by atoms with Gasteiger partial charge in [-0.05, 0) is 50.1 Å². The number of carbonyl (C=O) groups is 1. The van der Waals surface area contributed by atoms with Crippen molar-refractivity contribution >= 4 is 11.8 Å². The summed E-state index contributed by atoms with van der Waals surface area (Å²) in [7, 11) is 0. The second kappa shape index (κ2) is 6.52. The Kier molecular flexibility index (Phi) is 4.74. The largest absolute Gasteiger partial charge is 0.446 e. The lowest BCUT2D eigenvalue weighted by atomic mass is 9.86. The Balaban J connectivity index is 1.88. The number of hydrogen-bond donors (Lipinski definition) is 2. The van der Waals surface area contributed by atoms with Crippen LogP contribution in [0, 0.1) is 11.7 Å². The minimum absolute atomic E-state index is 0.112. The number of hydrogen-bond acceptors (Lipinski definition) is 3. The van der Waals surface area contributed by atoms with Crippen LogP contribution in [0.2, 0.25) is 0 Å². The summed E-state index contributed by atoms with van der Waals surface area (Å²) < 4.78 is 18.1. The first kappa shape index (κ1) is 13.8. The summed E-state index contributed by atoms with van der Waals surface area (Å²) in [6.07, 6.45) is 3.45. The number of benzene rings is 1. The quantitative estimate of drug-likeness (QED) is 0.884. The summed E-state index contributed by atoms with van der Waals surface area (Å²) in [4.78, 5) is 11.8. The van der Waals surface area contributed by atoms with Crippen molar-refractivity contribution in [1.82, 2.24) is 0 Å². The summed E-state index contributed by atoms with van der Waals surface area (Å²) >= 11 is 0. The molecule has 0 radical (unpaired) electrons. The number of nitrogens with one attached hydrogen (secondary N) is 1. The second-order valence-electron chi connectivity index (χ2n) is 4.86. The van der Waals surface area contributed by atoms with E-state index in [1.807, 2.05) is 0 Å². The Bertz CT molecular complexity index is 422. The van der Waals surface area contributed by atoms with Crippen molar-refractivity contribution < 1.29 is 13.9 Å². The van der Waals surface area contributed by atoms with E-state index >= 15 is 0 Å². The number of halogens is 1. The third-order valence-electron chi connectivity index (χ3n) is 3.49. The maximum absolute atomic E-state index is 12.7. The van der Waals surface area contributed by atoms with Crippen LogP contribution in [0.25, 0.3) is 0 Å². The van der Waals surface area contributed by atoms with E-state index < -0.39 is 6.09 Å². The monoisotopic (exact) mass is 266 g/mol. The molecule has 1 aliphatic carbocycles. The number of rotatable bonds is 3. The molecule has 2 unspecified atom stereocenters. The average molecular weight is 266 g/mol. The lowest BCUT2D eigenvalue weighted by Gasteiger charge is -2.30. The first-order valence-corrected chi connectivity index (χ1v) is 6.62. The topological polar surface area (TPSA) is 64.3 Å². The Labute approximate surface area is 112 Å². The lowest BCUT2D eigenvalue weighted by molar-refractivity contribution is 0.0489. The van der Waals surface area contributed by atoms with Gasteiger partial charge in [0.05, 0.1) is 0 Å². The van der Waals surface area contributed by atoms with E-state index in [9.17, 15) is 9.18 Å². The molecule has 1 aliphatic rings. The van der Waals surface area contributed by atoms with Crippen molar-refractivity contribution in [2.24, 2.45) is 11.7 Å². The molecule has 0 aromatic heterocycles. The van der Waals surface area contributed by atoms with Crippen LogP contribution in [-0.2, 0) is 4.74 Å². The summed E-state index contributed by atoms with van der Waals surface area (Å²) in [6, 6.07) is 5.58. The highest BCUT2D eigenvalue weighted by Crippen LogP contribution is 2.26. The van der Waals surface area contributed by atoms with E-state index in [-0.39, 0.29) is 17.8 Å². The minimum atomic E-state index is -0.503. The van der Waals surface area contributed by atoms with Crippen LogP contribution in [-0.4, -0.2) is 18.7 Å². The van der Waals surface area contributed by atoms with Gasteiger partial charge in [-0.15, -0.1) is 0 Å². The molecule has 1 amide bonds. The van der Waals surface area contributed by atoms with Gasteiger partial charge < -0.3 is 10.5 Å². The molecule has 104 valence electrons. The van der Waals surface area contributed by atoms with Gasteiger partial charge in [-0.25, -0.2) is 9.18 Å². The van der Waals surface area contributed by atoms with Gasteiger partial charge >= 0.3 is 6.09 Å². The molecule has 0 spiro atoms. The number of nitrogens with two attached hydrogens (primary N) is 1. The SMILES string of the molecule is NCC1CCCCC1OC(=O)Nc1ccc(F)cc1. The van der Waals surface area contributed by atoms with Crippen LogP contribution in [0.15, 0.2) is 24.3 Å². The third-order valence-corrected chi connectivity index (χ3v) is 3.49. The highest BCUT2D eigenvalue weighted by molar-refractivity contribution is 5.84. The van der Waals surface area contributed by atoms with Gasteiger partial charge in [-0.3, -0.25) is 5.32 Å². The molecule has 2 atom stereocenters. The first-order valence-electron chi connectivity index (χ1n) is 6.62. The summed E-state index contributed by atoms with van der Waals surface area (Å²) in [5.74, 6) is -0.0953. The maximum atomic E-state index is 12.7. The Morgan fingerprint density at radius 2 is 2.00 bits per heavy atom. The van der Waals surface area contributed by atoms with Crippen LogP contribution in [0.4, 0.5) is 14.9 Å². The molecule has 1 aromatic carbocycles. The molecule has 0 bridgehead atoms. The van der Waals surface area contributed by atoms with Crippen molar-refractivity contribution in [3.8, 4) is 0 Å². The number of amides is 1. The predicted octanol–water partition coefficient (Wildman–Crippen LogP) is 2.89. The number of ether oxygens (including phenoxy) is 1. The van der Waals surface area contributed by atoms with Crippen LogP contribution in [0.3, 0.4) is 0 Å². The lowest BCUT2D eigenvalue weighted by Crippen LogP contribution is -2.35. The Hall–Kier alpha value is -1.62. The summed E-state index contributed by atoms with van der Waals surface area (Å²) in [5.41, 5.74) is 6.21. The normalized spacial score (nSPS) is 22.8. The van der Waals surface area contributed by atoms with E-state index in [1.165, 1.54) is 24.3 Å². The Morgan fingerprint density at radius 3 is 2.68 bits per heavy atom. The zero-order valence-electron chi connectivity index (χ0n) is 10.8. The van der Waals surface area contributed by atoms with Gasteiger partial charge in [0, 0.05) is 11.6 Å². The Morgan fingerprint density at radius 1 is 1.32 bits per heavy atom. The molecular weight excluding hydrogens is 247 g/mol. The van der Waals surface area contributed by atoms with Gasteiger partial charge in [0.2, 0.25) is 0 Å². The van der Waals surface area contributed by atoms with Crippen molar-refractivity contribution in [1.29, 1.82) is 0 Å². The number of anilines is 1. The smallest absolute Gasteiger partial charge is 0.411 e. The molecule has 3 N–H and O–H groups in total. The fourth-order valence-electron chi connectivity index (χ4n) is 2.42. The van der Waals surface area contributed by atoms with Crippen LogP contribution in [0.5, 0.6) is 0 Å². The zero-order chi connectivity index (χ0) is 13.7. The summed E-state index contributed by atoms with van der Waals surface area (Å²) in [5, 5.41) is 2.59. The van der Waals surface area contributed by atoms with Gasteiger partial charge in [0.15, 0.2) is 0 Å². The zero-order valence-corrected chi connectivity index (χ0v) is 10.8. The molecule has 4 nitrogen and oxygen atoms in total. The predicted molar refractivity (Wildman–Crippen MR) is 71.3 cm³/mol. The van der Waals surface area contributed by atoms with E-state index in [2.05, 4.69) is 5.32 Å². The molecule has 1 aromatic rings. The van der Waals surface area contributed by atoms with E-state index in [0.29, 0.717) is 12.2 Å². The highest BCUT2D eigenvalue weighted by Gasteiger charge is 2.27. The van der Waals surface area contributed by atoms with Gasteiger partial charge in [-0.2, -0.15) is 0 Å². The van der Waals surface area contributed by atoms with Gasteiger partial charge in [-0.1, -0.05) is 6.42 Å². The highest BCUT2D eigenvalue weighted by atomic mass is 19.1. The molecule has 0 heterocycles. The molecule has 19 heavy (non-hydrogen) atoms. The molecule has 0 aliphatic heterocycles. The molecule has 1 saturated carbocycles. The third kappa shape index (κ3) is 3.92. The van der Waals surface area contributed by atoms with Crippen molar-refractivity contribution in [3.63, 3.8) is 0 Å². The van der Waals surface area contributed by atoms with Crippen LogP contribution < -0.4 is 11.1 Å². The second-order valence-corrected chi connectivity index (χ2v) is 4.86. The van der Waals surface area contributed by atoms with Crippen LogP contribution in [0.1, 0.15) is 25.7 Å². The molecule has 0 saturated heterocycles. The van der Waals surface area contributed by atoms with E-state index in [4.69, 9.17) is 10.5 Å². The van der Waals surface area contributed by atoms with Crippen molar-refractivity contribution in [3.05, 3.63) is 30.1 Å². The van der Waals surface area contributed by atoms with Crippen molar-refractivity contribution in [2.75, 3.05) is 11.9 Å². The van der Waals surface area contributed by atoms with Gasteiger partial charge in [0.25, 0.3) is 0 Å². The maximum Gasteiger partial charge on any atom is 0.411 e. The molecule has 1 fully saturated rings. The van der Waals surface area contributed by atoms with E-state index in [0.717, 1.165) is 25.7 Å². The average Bonchev–Trinajstić information content (AvgIpc) is 2.42. The first-order chi connectivity index (χ1) is 9.19. The fraction of sp³-hybridized carbons (Fsp3) is 0.500. The fourth-order valence-corrected chi connectivity index (χ4v) is 2.42. The minimum Gasteiger partial charge on any atom is -0.446 e. The van der Waals surface area contributed by atoms with Crippen LogP contribution >= 0.6 is 0 Å². The molecule has 2 rings (SSSR count). The number of carbonyl (C=O) groups excluding carboxylic acids is 1. The molecule has 5 heteroatoms. The molecular formula is C14H19FN2O2. The van der Waals surface area contributed by atoms with Crippen molar-refractivity contribution in [2.45, 2.75) is 31.8 Å².